The summed E-state index contributed by atoms with van der Waals surface area (Å²) in [5, 5.41) is 0. The van der Waals surface area contributed by atoms with Crippen LogP contribution >= 0.6 is 0 Å². The van der Waals surface area contributed by atoms with Crippen molar-refractivity contribution in [3.63, 3.8) is 0 Å². The van der Waals surface area contributed by atoms with E-state index in [1.807, 2.05) is 17.0 Å². The molecule has 0 radical (unpaired) electrons. The molecule has 7 heteroatoms. The molecule has 0 unspecified atom stereocenters. The third kappa shape index (κ3) is 5.35. The van der Waals surface area contributed by atoms with Gasteiger partial charge < -0.3 is 10.6 Å². The second kappa shape index (κ2) is 8.98. The largest absolute Gasteiger partial charge is 0.416 e. The van der Waals surface area contributed by atoms with Crippen molar-refractivity contribution >= 4 is 11.5 Å². The Morgan fingerprint density at radius 2 is 1.58 bits per heavy atom. The van der Waals surface area contributed by atoms with Crippen molar-refractivity contribution in [2.75, 3.05) is 43.4 Å². The summed E-state index contributed by atoms with van der Waals surface area (Å²) in [4.78, 5) is 8.73. The predicted octanol–water partition coefficient (Wildman–Crippen LogP) is 4.71. The number of nitrogen functional groups attached to an aromatic ring is 1. The van der Waals surface area contributed by atoms with Crippen LogP contribution in [-0.4, -0.2) is 42.6 Å². The van der Waals surface area contributed by atoms with Crippen molar-refractivity contribution in [3.8, 4) is 11.3 Å². The summed E-state index contributed by atoms with van der Waals surface area (Å²) >= 11 is 0. The van der Waals surface area contributed by atoms with E-state index in [9.17, 15) is 13.2 Å². The molecule has 1 fully saturated rings. The minimum absolute atomic E-state index is 0.505. The number of nitrogens with zero attached hydrogens (tertiary/aromatic N) is 3. The SMILES string of the molecule is Nc1cccc(-c2ccc(CCN3CCN(c4cccc(C(F)(F)F)c4)CC3)cc2)n1. The number of anilines is 2. The Balaban J connectivity index is 1.29. The topological polar surface area (TPSA) is 45.4 Å². The van der Waals surface area contributed by atoms with E-state index in [1.54, 1.807) is 12.1 Å². The van der Waals surface area contributed by atoms with E-state index in [0.717, 1.165) is 56.5 Å². The van der Waals surface area contributed by atoms with Gasteiger partial charge in [-0.05, 0) is 42.3 Å². The zero-order chi connectivity index (χ0) is 21.8. The van der Waals surface area contributed by atoms with E-state index in [1.165, 1.54) is 17.7 Å². The highest BCUT2D eigenvalue weighted by Gasteiger charge is 2.31. The van der Waals surface area contributed by atoms with E-state index in [0.29, 0.717) is 11.5 Å². The zero-order valence-corrected chi connectivity index (χ0v) is 17.1. The van der Waals surface area contributed by atoms with Gasteiger partial charge in [0, 0.05) is 44.0 Å². The Hall–Kier alpha value is -3.06. The van der Waals surface area contributed by atoms with Crippen molar-refractivity contribution in [2.45, 2.75) is 12.6 Å². The van der Waals surface area contributed by atoms with E-state index in [4.69, 9.17) is 5.73 Å². The highest BCUT2D eigenvalue weighted by Crippen LogP contribution is 2.32. The molecular formula is C24H25F3N4. The second-order valence-corrected chi connectivity index (χ2v) is 7.77. The van der Waals surface area contributed by atoms with Crippen molar-refractivity contribution in [2.24, 2.45) is 0 Å². The molecule has 4 nitrogen and oxygen atoms in total. The van der Waals surface area contributed by atoms with Crippen LogP contribution in [0.15, 0.2) is 66.7 Å². The van der Waals surface area contributed by atoms with Crippen LogP contribution < -0.4 is 10.6 Å². The third-order valence-corrected chi connectivity index (χ3v) is 5.65. The lowest BCUT2D eigenvalue weighted by Gasteiger charge is -2.36. The molecule has 3 aromatic rings. The van der Waals surface area contributed by atoms with Gasteiger partial charge in [-0.15, -0.1) is 0 Å². The number of nitrogens with two attached hydrogens (primary N) is 1. The Morgan fingerprint density at radius 3 is 2.26 bits per heavy atom. The number of pyridine rings is 1. The summed E-state index contributed by atoms with van der Waals surface area (Å²) in [7, 11) is 0. The second-order valence-electron chi connectivity index (χ2n) is 7.77. The molecule has 0 spiro atoms. The van der Waals surface area contributed by atoms with Crippen LogP contribution in [0.1, 0.15) is 11.1 Å². The number of hydrogen-bond acceptors (Lipinski definition) is 4. The minimum Gasteiger partial charge on any atom is -0.384 e. The third-order valence-electron chi connectivity index (χ3n) is 5.65. The molecule has 0 aliphatic carbocycles. The maximum Gasteiger partial charge on any atom is 0.416 e. The first-order valence-corrected chi connectivity index (χ1v) is 10.3. The number of alkyl halides is 3. The van der Waals surface area contributed by atoms with Crippen molar-refractivity contribution in [3.05, 3.63) is 77.9 Å². The van der Waals surface area contributed by atoms with Crippen molar-refractivity contribution in [1.82, 2.24) is 9.88 Å². The average Bonchev–Trinajstić information content (AvgIpc) is 2.78. The molecule has 0 atom stereocenters. The van der Waals surface area contributed by atoms with Crippen LogP contribution in [0.25, 0.3) is 11.3 Å². The molecule has 2 N–H and O–H groups in total. The first-order chi connectivity index (χ1) is 14.9. The molecule has 0 bridgehead atoms. The molecule has 2 aromatic carbocycles. The molecule has 2 heterocycles. The van der Waals surface area contributed by atoms with Gasteiger partial charge in [0.15, 0.2) is 0 Å². The zero-order valence-electron chi connectivity index (χ0n) is 17.1. The van der Waals surface area contributed by atoms with Gasteiger partial charge in [-0.1, -0.05) is 36.4 Å². The Kier molecular flexibility index (Phi) is 6.13. The molecule has 0 amide bonds. The number of aromatic nitrogens is 1. The lowest BCUT2D eigenvalue weighted by atomic mass is 10.1. The van der Waals surface area contributed by atoms with Crippen LogP contribution in [0.3, 0.4) is 0 Å². The van der Waals surface area contributed by atoms with Gasteiger partial charge in [0.2, 0.25) is 0 Å². The molecule has 31 heavy (non-hydrogen) atoms. The molecular weight excluding hydrogens is 401 g/mol. The summed E-state index contributed by atoms with van der Waals surface area (Å²) in [6.45, 7) is 4.04. The van der Waals surface area contributed by atoms with Crippen LogP contribution in [0.2, 0.25) is 0 Å². The Morgan fingerprint density at radius 1 is 0.871 bits per heavy atom. The average molecular weight is 426 g/mol. The lowest BCUT2D eigenvalue weighted by molar-refractivity contribution is -0.137. The molecule has 1 aliphatic rings. The maximum atomic E-state index is 13.0. The quantitative estimate of drug-likeness (QED) is 0.642. The van der Waals surface area contributed by atoms with Gasteiger partial charge in [-0.25, -0.2) is 4.98 Å². The molecule has 1 aromatic heterocycles. The smallest absolute Gasteiger partial charge is 0.384 e. The lowest BCUT2D eigenvalue weighted by Crippen LogP contribution is -2.47. The number of halogens is 3. The van der Waals surface area contributed by atoms with Gasteiger partial charge >= 0.3 is 6.18 Å². The number of piperazine rings is 1. The summed E-state index contributed by atoms with van der Waals surface area (Å²) in [5.41, 5.74) is 8.94. The summed E-state index contributed by atoms with van der Waals surface area (Å²) in [5.74, 6) is 0.505. The Labute approximate surface area is 180 Å². The van der Waals surface area contributed by atoms with Gasteiger partial charge in [0.25, 0.3) is 0 Å². The van der Waals surface area contributed by atoms with Crippen LogP contribution in [0.5, 0.6) is 0 Å². The maximum absolute atomic E-state index is 13.0. The standard InChI is InChI=1S/C24H25F3N4/c25-24(26,27)20-3-1-4-21(17-20)31-15-13-30(14-16-31)12-11-18-7-9-19(10-8-18)22-5-2-6-23(28)29-22/h1-10,17H,11-16H2,(H2,28,29). The van der Waals surface area contributed by atoms with E-state index >= 15 is 0 Å². The summed E-state index contributed by atoms with van der Waals surface area (Å²) in [6, 6.07) is 19.5. The summed E-state index contributed by atoms with van der Waals surface area (Å²) in [6.07, 6.45) is -3.38. The van der Waals surface area contributed by atoms with E-state index in [-0.39, 0.29) is 0 Å². The molecule has 0 saturated carbocycles. The van der Waals surface area contributed by atoms with Crippen LogP contribution in [0, 0.1) is 0 Å². The normalized spacial score (nSPS) is 15.3. The first kappa shape index (κ1) is 21.2. The first-order valence-electron chi connectivity index (χ1n) is 10.3. The predicted molar refractivity (Wildman–Crippen MR) is 118 cm³/mol. The summed E-state index contributed by atoms with van der Waals surface area (Å²) < 4.78 is 38.9. The Bertz CT molecular complexity index is 1010. The number of benzene rings is 2. The molecule has 4 rings (SSSR count). The van der Waals surface area contributed by atoms with Gasteiger partial charge in [0.1, 0.15) is 5.82 Å². The molecule has 1 saturated heterocycles. The van der Waals surface area contributed by atoms with E-state index in [2.05, 4.69) is 34.1 Å². The van der Waals surface area contributed by atoms with Gasteiger partial charge in [-0.3, -0.25) is 4.90 Å². The molecule has 1 aliphatic heterocycles. The van der Waals surface area contributed by atoms with Crippen molar-refractivity contribution in [1.29, 1.82) is 0 Å². The van der Waals surface area contributed by atoms with Crippen LogP contribution in [-0.2, 0) is 12.6 Å². The van der Waals surface area contributed by atoms with Crippen molar-refractivity contribution < 1.29 is 13.2 Å². The van der Waals surface area contributed by atoms with Gasteiger partial charge in [-0.2, -0.15) is 13.2 Å². The fourth-order valence-electron chi connectivity index (χ4n) is 3.85. The highest BCUT2D eigenvalue weighted by molar-refractivity contribution is 5.61. The molecule has 162 valence electrons. The number of rotatable bonds is 5. The fraction of sp³-hybridized carbons (Fsp3) is 0.292. The van der Waals surface area contributed by atoms with Crippen LogP contribution in [0.4, 0.5) is 24.7 Å². The highest BCUT2D eigenvalue weighted by atomic mass is 19.4. The number of hydrogen-bond donors (Lipinski definition) is 1. The fourth-order valence-corrected chi connectivity index (χ4v) is 3.85. The van der Waals surface area contributed by atoms with Gasteiger partial charge in [0.05, 0.1) is 11.3 Å². The minimum atomic E-state index is -4.31. The van der Waals surface area contributed by atoms with E-state index < -0.39 is 11.7 Å². The monoisotopic (exact) mass is 426 g/mol.